The largest absolute Gasteiger partial charge is 0.490 e. The number of nitrogens with one attached hydrogen (secondary N) is 3. The molecule has 0 saturated carbocycles. The van der Waals surface area contributed by atoms with E-state index in [9.17, 15) is 32.3 Å². The summed E-state index contributed by atoms with van der Waals surface area (Å²) in [5.41, 5.74) is 1.71. The minimum absolute atomic E-state index is 0.0360. The molecule has 16 heteroatoms. The van der Waals surface area contributed by atoms with E-state index in [4.69, 9.17) is 9.84 Å². The molecule has 2 aromatic heterocycles. The summed E-state index contributed by atoms with van der Waals surface area (Å²) in [5, 5.41) is 13.5. The van der Waals surface area contributed by atoms with Crippen molar-refractivity contribution in [2.75, 3.05) is 43.4 Å². The van der Waals surface area contributed by atoms with E-state index in [-0.39, 0.29) is 47.0 Å². The van der Waals surface area contributed by atoms with Gasteiger partial charge in [-0.15, -0.1) is 0 Å². The molecule has 13 nitrogen and oxygen atoms in total. The fraction of sp³-hybridized carbons (Fsp3) is 0.450. The Morgan fingerprint density at radius 2 is 1.70 bits per heavy atom. The summed E-state index contributed by atoms with van der Waals surface area (Å²) in [7, 11) is 0. The molecule has 1 atom stereocenters. The maximum Gasteiger partial charge on any atom is 0.433 e. The number of likely N-dealkylation sites (tertiary alicyclic amines) is 2. The number of amides is 4. The first-order valence-electron chi connectivity index (χ1n) is 19.0. The molecule has 0 aliphatic carbocycles. The summed E-state index contributed by atoms with van der Waals surface area (Å²) >= 11 is 0. The Morgan fingerprint density at radius 1 is 0.964 bits per heavy atom. The molecule has 3 aliphatic rings. The number of pyridine rings is 1. The van der Waals surface area contributed by atoms with Gasteiger partial charge < -0.3 is 20.3 Å². The summed E-state index contributed by atoms with van der Waals surface area (Å²) in [6, 6.07) is 14.3. The minimum atomic E-state index is -4.65. The van der Waals surface area contributed by atoms with Gasteiger partial charge in [-0.2, -0.15) is 18.3 Å². The van der Waals surface area contributed by atoms with Crippen molar-refractivity contribution in [3.05, 3.63) is 77.6 Å². The maximum absolute atomic E-state index is 13.4. The van der Waals surface area contributed by atoms with Crippen LogP contribution in [0.3, 0.4) is 0 Å². The van der Waals surface area contributed by atoms with Crippen molar-refractivity contribution < 1.29 is 37.1 Å². The summed E-state index contributed by atoms with van der Waals surface area (Å²) in [6.45, 7) is 6.82. The lowest BCUT2D eigenvalue weighted by atomic mass is 9.89. The second-order valence-corrected chi connectivity index (χ2v) is 15.0. The molecular formula is C40H45F3N8O5. The number of imide groups is 1. The van der Waals surface area contributed by atoms with Gasteiger partial charge in [-0.3, -0.25) is 34.1 Å². The number of carbonyl (C=O) groups is 4. The van der Waals surface area contributed by atoms with Gasteiger partial charge in [0.1, 0.15) is 23.3 Å². The summed E-state index contributed by atoms with van der Waals surface area (Å²) in [4.78, 5) is 57.9. The Balaban J connectivity index is 0.909. The van der Waals surface area contributed by atoms with Gasteiger partial charge in [-0.05, 0) is 101 Å². The molecule has 3 aliphatic heterocycles. The van der Waals surface area contributed by atoms with Gasteiger partial charge in [0.25, 0.3) is 5.91 Å². The second kappa shape index (κ2) is 16.3. The molecule has 5 heterocycles. The zero-order chi connectivity index (χ0) is 39.6. The Labute approximate surface area is 321 Å². The van der Waals surface area contributed by atoms with Gasteiger partial charge in [-0.25, -0.2) is 4.98 Å². The Hall–Kier alpha value is -5.51. The third-order valence-corrected chi connectivity index (χ3v) is 10.6. The fourth-order valence-electron chi connectivity index (χ4n) is 7.61. The van der Waals surface area contributed by atoms with Gasteiger partial charge in [0, 0.05) is 42.8 Å². The highest BCUT2D eigenvalue weighted by atomic mass is 19.4. The van der Waals surface area contributed by atoms with Gasteiger partial charge >= 0.3 is 6.18 Å². The third kappa shape index (κ3) is 9.12. The van der Waals surface area contributed by atoms with Gasteiger partial charge in [0.2, 0.25) is 17.7 Å². The van der Waals surface area contributed by atoms with E-state index in [2.05, 4.69) is 38.0 Å². The normalized spacial score (nSPS) is 19.0. The predicted molar refractivity (Wildman–Crippen MR) is 202 cm³/mol. The van der Waals surface area contributed by atoms with Crippen LogP contribution in [-0.2, 0) is 20.6 Å². The zero-order valence-electron chi connectivity index (χ0n) is 31.3. The molecule has 1 unspecified atom stereocenters. The second-order valence-electron chi connectivity index (χ2n) is 15.0. The van der Waals surface area contributed by atoms with Crippen LogP contribution in [0.15, 0.2) is 60.8 Å². The average Bonchev–Trinajstić information content (AvgIpc) is 3.59. The number of aromatic nitrogens is 3. The van der Waals surface area contributed by atoms with Crippen molar-refractivity contribution in [2.45, 2.75) is 82.7 Å². The van der Waals surface area contributed by atoms with Gasteiger partial charge in [-0.1, -0.05) is 18.2 Å². The van der Waals surface area contributed by atoms with E-state index in [1.165, 1.54) is 17.7 Å². The number of fused-ring (bicyclic) bond motifs is 1. The summed E-state index contributed by atoms with van der Waals surface area (Å²) in [6.07, 6.45) is 1.02. The van der Waals surface area contributed by atoms with Crippen LogP contribution in [0.5, 0.6) is 5.75 Å². The Morgan fingerprint density at radius 3 is 2.38 bits per heavy atom. The number of alkyl halides is 3. The molecule has 4 amide bonds. The van der Waals surface area contributed by atoms with Crippen LogP contribution in [0.1, 0.15) is 85.9 Å². The number of nitrogens with zero attached hydrogens (tertiary/aromatic N) is 5. The van der Waals surface area contributed by atoms with E-state index in [1.807, 2.05) is 41.8 Å². The van der Waals surface area contributed by atoms with Gasteiger partial charge in [0.05, 0.1) is 29.8 Å². The Kier molecular flexibility index (Phi) is 11.3. The number of ether oxygens (including phenoxy) is 1. The molecule has 7 rings (SSSR count). The molecule has 0 bridgehead atoms. The number of anilines is 2. The number of piperidine rings is 3. The number of hydrogen-bond donors (Lipinski definition) is 3. The van der Waals surface area contributed by atoms with Crippen molar-refractivity contribution in [3.8, 4) is 5.75 Å². The molecule has 0 spiro atoms. The minimum Gasteiger partial charge on any atom is -0.490 e. The zero-order valence-corrected chi connectivity index (χ0v) is 31.3. The van der Waals surface area contributed by atoms with Crippen LogP contribution in [0, 0.1) is 0 Å². The summed E-state index contributed by atoms with van der Waals surface area (Å²) < 4.78 is 47.4. The van der Waals surface area contributed by atoms with Crippen LogP contribution in [-0.4, -0.2) is 93.1 Å². The van der Waals surface area contributed by atoms with Crippen LogP contribution in [0.2, 0.25) is 0 Å². The van der Waals surface area contributed by atoms with Crippen molar-refractivity contribution >= 4 is 46.0 Å². The molecule has 3 fully saturated rings. The highest BCUT2D eigenvalue weighted by Crippen LogP contribution is 2.33. The van der Waals surface area contributed by atoms with Crippen LogP contribution in [0.4, 0.5) is 24.7 Å². The highest BCUT2D eigenvalue weighted by molar-refractivity contribution is 6.08. The standard InChI is InChI=1S/C40H45F3N8O5/c1-24(2)56-33-21-32-27(20-30(33)38(54)46-35-5-3-4-34(45-35)40(41,42)43)22-51(48-32)29-14-18-50(19-15-29)37(53)23-49-16-12-26(13-17-49)25-6-8-28(9-7-25)44-31-10-11-36(52)47-39(31)55/h3-9,20-22,24,26,29,31,44H,10-19,23H2,1-2H3,(H,45,46,54)(H,47,52,55). The van der Waals surface area contributed by atoms with E-state index >= 15 is 0 Å². The van der Waals surface area contributed by atoms with Crippen molar-refractivity contribution in [1.82, 2.24) is 29.9 Å². The lowest BCUT2D eigenvalue weighted by molar-refractivity contribution is -0.141. The van der Waals surface area contributed by atoms with E-state index in [0.717, 1.165) is 37.7 Å². The first-order valence-corrected chi connectivity index (χ1v) is 19.0. The van der Waals surface area contributed by atoms with Crippen LogP contribution < -0.4 is 20.7 Å². The lowest BCUT2D eigenvalue weighted by Gasteiger charge is -2.36. The molecule has 56 heavy (non-hydrogen) atoms. The third-order valence-electron chi connectivity index (χ3n) is 10.6. The van der Waals surface area contributed by atoms with Crippen molar-refractivity contribution in [3.63, 3.8) is 0 Å². The fourth-order valence-corrected chi connectivity index (χ4v) is 7.61. The maximum atomic E-state index is 13.4. The van der Waals surface area contributed by atoms with Gasteiger partial charge in [0.15, 0.2) is 0 Å². The summed E-state index contributed by atoms with van der Waals surface area (Å²) in [5.74, 6) is -0.671. The number of carbonyl (C=O) groups excluding carboxylic acids is 4. The van der Waals surface area contributed by atoms with E-state index < -0.39 is 23.8 Å². The molecule has 0 radical (unpaired) electrons. The van der Waals surface area contributed by atoms with E-state index in [0.29, 0.717) is 62.1 Å². The topological polar surface area (TPSA) is 151 Å². The number of benzene rings is 2. The average molecular weight is 775 g/mol. The first-order chi connectivity index (χ1) is 26.8. The monoisotopic (exact) mass is 774 g/mol. The molecule has 2 aromatic carbocycles. The first kappa shape index (κ1) is 38.8. The lowest BCUT2D eigenvalue weighted by Crippen LogP contribution is -2.47. The molecule has 3 saturated heterocycles. The van der Waals surface area contributed by atoms with Crippen LogP contribution in [0.25, 0.3) is 10.9 Å². The molecule has 296 valence electrons. The van der Waals surface area contributed by atoms with Crippen molar-refractivity contribution in [1.29, 1.82) is 0 Å². The number of halogens is 3. The predicted octanol–water partition coefficient (Wildman–Crippen LogP) is 5.75. The molecule has 4 aromatic rings. The quantitative estimate of drug-likeness (QED) is 0.171. The molecule has 3 N–H and O–H groups in total. The van der Waals surface area contributed by atoms with E-state index in [1.54, 1.807) is 12.1 Å². The smallest absolute Gasteiger partial charge is 0.433 e. The Bertz CT molecular complexity index is 2090. The SMILES string of the molecule is CC(C)Oc1cc2nn(C3CCN(C(=O)CN4CCC(c5ccc(NC6CCC(=O)NC6=O)cc5)CC4)CC3)cc2cc1C(=O)Nc1cccc(C(F)(F)F)n1. The number of rotatable bonds is 10. The number of hydrogen-bond acceptors (Lipinski definition) is 9. The highest BCUT2D eigenvalue weighted by Gasteiger charge is 2.33. The molecular weight excluding hydrogens is 729 g/mol. The van der Waals surface area contributed by atoms with Crippen molar-refractivity contribution in [2.24, 2.45) is 0 Å². The van der Waals surface area contributed by atoms with Crippen LogP contribution >= 0.6 is 0 Å².